The lowest BCUT2D eigenvalue weighted by Gasteiger charge is -2.06. The average Bonchev–Trinajstić information content (AvgIpc) is 3.01. The van der Waals surface area contributed by atoms with Crippen LogP contribution < -0.4 is 10.6 Å². The normalized spacial score (nSPS) is 10.7. The summed E-state index contributed by atoms with van der Waals surface area (Å²) >= 11 is 1.45. The van der Waals surface area contributed by atoms with Gasteiger partial charge in [0.05, 0.1) is 10.2 Å². The minimum absolute atomic E-state index is 0.00572. The highest BCUT2D eigenvalue weighted by Gasteiger charge is 2.10. The molecule has 0 aliphatic rings. The summed E-state index contributed by atoms with van der Waals surface area (Å²) in [7, 11) is 0. The van der Waals surface area contributed by atoms with E-state index in [4.69, 9.17) is 0 Å². The fourth-order valence-corrected chi connectivity index (χ4v) is 3.48. The first-order valence-electron chi connectivity index (χ1n) is 8.63. The number of nitrogens with one attached hydrogen (secondary N) is 2. The van der Waals surface area contributed by atoms with Crippen molar-refractivity contribution in [1.82, 2.24) is 4.98 Å². The molecule has 6 heteroatoms. The molecule has 3 aromatic rings. The molecule has 1 heterocycles. The molecular formula is C20H21N3O2S. The maximum Gasteiger partial charge on any atom is 0.257 e. The molecule has 2 aromatic carbocycles. The van der Waals surface area contributed by atoms with E-state index < -0.39 is 0 Å². The minimum atomic E-state index is -0.218. The number of rotatable bonds is 6. The Kier molecular flexibility index (Phi) is 5.63. The molecule has 0 saturated carbocycles. The smallest absolute Gasteiger partial charge is 0.257 e. The summed E-state index contributed by atoms with van der Waals surface area (Å²) in [6.45, 7) is 4.08. The molecule has 2 N–H and O–H groups in total. The van der Waals surface area contributed by atoms with Crippen molar-refractivity contribution in [1.29, 1.82) is 0 Å². The Morgan fingerprint density at radius 1 is 1.08 bits per heavy atom. The van der Waals surface area contributed by atoms with Crippen molar-refractivity contribution < 1.29 is 9.59 Å². The quantitative estimate of drug-likeness (QED) is 0.645. The fourth-order valence-electron chi connectivity index (χ4n) is 2.52. The largest absolute Gasteiger partial charge is 0.326 e. The molecule has 0 aliphatic heterocycles. The van der Waals surface area contributed by atoms with Crippen LogP contribution in [0.5, 0.6) is 0 Å². The first-order chi connectivity index (χ1) is 12.5. The molecule has 2 amide bonds. The number of hydrogen-bond donors (Lipinski definition) is 2. The van der Waals surface area contributed by atoms with Crippen LogP contribution in [0, 0.1) is 6.92 Å². The van der Waals surface area contributed by atoms with Crippen molar-refractivity contribution in [2.24, 2.45) is 0 Å². The van der Waals surface area contributed by atoms with Crippen LogP contribution in [-0.2, 0) is 4.79 Å². The van der Waals surface area contributed by atoms with E-state index in [2.05, 4.69) is 21.7 Å². The van der Waals surface area contributed by atoms with Crippen molar-refractivity contribution in [3.05, 3.63) is 53.6 Å². The van der Waals surface area contributed by atoms with Gasteiger partial charge in [0.15, 0.2) is 5.13 Å². The predicted molar refractivity (Wildman–Crippen MR) is 107 cm³/mol. The number of aromatic nitrogens is 1. The van der Waals surface area contributed by atoms with Crippen molar-refractivity contribution >= 4 is 44.2 Å². The van der Waals surface area contributed by atoms with E-state index in [0.717, 1.165) is 28.6 Å². The van der Waals surface area contributed by atoms with E-state index >= 15 is 0 Å². The van der Waals surface area contributed by atoms with Gasteiger partial charge in [-0.05, 0) is 55.3 Å². The molecule has 0 bridgehead atoms. The molecule has 0 aliphatic carbocycles. The zero-order valence-electron chi connectivity index (χ0n) is 14.8. The number of aryl methyl sites for hydroxylation is 1. The topological polar surface area (TPSA) is 71.1 Å². The van der Waals surface area contributed by atoms with Gasteiger partial charge in [-0.1, -0.05) is 30.7 Å². The Labute approximate surface area is 156 Å². The van der Waals surface area contributed by atoms with Gasteiger partial charge >= 0.3 is 0 Å². The molecule has 0 spiro atoms. The van der Waals surface area contributed by atoms with E-state index in [1.165, 1.54) is 11.3 Å². The molecule has 3 rings (SSSR count). The van der Waals surface area contributed by atoms with E-state index in [1.54, 1.807) is 24.3 Å². The summed E-state index contributed by atoms with van der Waals surface area (Å²) in [6.07, 6.45) is 2.36. The Hall–Kier alpha value is -2.73. The molecule has 134 valence electrons. The summed E-state index contributed by atoms with van der Waals surface area (Å²) in [5.74, 6) is -0.224. The predicted octanol–water partition coefficient (Wildman–Crippen LogP) is 4.99. The van der Waals surface area contributed by atoms with Crippen LogP contribution in [0.15, 0.2) is 42.5 Å². The highest BCUT2D eigenvalue weighted by molar-refractivity contribution is 7.22. The summed E-state index contributed by atoms with van der Waals surface area (Å²) in [5, 5.41) is 6.25. The number of carbonyl (C=O) groups excluding carboxylic acids is 2. The Morgan fingerprint density at radius 2 is 1.85 bits per heavy atom. The summed E-state index contributed by atoms with van der Waals surface area (Å²) in [6, 6.07) is 12.9. The number of thiazole rings is 1. The number of benzene rings is 2. The van der Waals surface area contributed by atoms with Gasteiger partial charge < -0.3 is 5.32 Å². The Morgan fingerprint density at radius 3 is 2.58 bits per heavy atom. The number of anilines is 2. The van der Waals surface area contributed by atoms with E-state index in [9.17, 15) is 9.59 Å². The van der Waals surface area contributed by atoms with Crippen LogP contribution in [0.2, 0.25) is 0 Å². The lowest BCUT2D eigenvalue weighted by molar-refractivity contribution is -0.116. The number of hydrogen-bond acceptors (Lipinski definition) is 4. The second kappa shape index (κ2) is 8.10. The van der Waals surface area contributed by atoms with E-state index in [1.807, 2.05) is 26.0 Å². The molecule has 0 fully saturated rings. The van der Waals surface area contributed by atoms with Crippen molar-refractivity contribution in [2.45, 2.75) is 33.1 Å². The Bertz CT molecular complexity index is 932. The Balaban J connectivity index is 1.64. The van der Waals surface area contributed by atoms with Crippen LogP contribution in [0.3, 0.4) is 0 Å². The lowest BCUT2D eigenvalue weighted by Crippen LogP contribution is -2.13. The van der Waals surface area contributed by atoms with Gasteiger partial charge in [-0.3, -0.25) is 14.9 Å². The van der Waals surface area contributed by atoms with Crippen molar-refractivity contribution in [3.8, 4) is 0 Å². The molecule has 0 radical (unpaired) electrons. The molecule has 26 heavy (non-hydrogen) atoms. The van der Waals surface area contributed by atoms with Crippen molar-refractivity contribution in [2.75, 3.05) is 10.6 Å². The molecule has 0 atom stereocenters. The van der Waals surface area contributed by atoms with Gasteiger partial charge in [0.25, 0.3) is 5.91 Å². The van der Waals surface area contributed by atoms with E-state index in [0.29, 0.717) is 22.8 Å². The third kappa shape index (κ3) is 4.46. The maximum absolute atomic E-state index is 12.4. The molecular weight excluding hydrogens is 346 g/mol. The van der Waals surface area contributed by atoms with Gasteiger partial charge in [0.1, 0.15) is 0 Å². The van der Waals surface area contributed by atoms with Gasteiger partial charge in [-0.2, -0.15) is 0 Å². The number of unbranched alkanes of at least 4 members (excludes halogenated alkanes) is 1. The van der Waals surface area contributed by atoms with Crippen LogP contribution >= 0.6 is 11.3 Å². The zero-order valence-corrected chi connectivity index (χ0v) is 15.7. The lowest BCUT2D eigenvalue weighted by atomic mass is 10.2. The number of amides is 2. The van der Waals surface area contributed by atoms with Crippen LogP contribution in [0.1, 0.15) is 42.1 Å². The molecule has 0 saturated heterocycles. The zero-order chi connectivity index (χ0) is 18.5. The second-order valence-corrected chi connectivity index (χ2v) is 7.20. The van der Waals surface area contributed by atoms with Gasteiger partial charge in [-0.15, -0.1) is 0 Å². The number of carbonyl (C=O) groups is 2. The molecule has 5 nitrogen and oxygen atoms in total. The average molecular weight is 367 g/mol. The standard InChI is InChI=1S/C20H21N3O2S/c1-3-4-5-18(24)21-15-9-7-14(8-10-15)19(25)23-20-22-16-11-6-13(2)12-17(16)26-20/h6-12H,3-5H2,1-2H3,(H,21,24)(H,22,23,25). The van der Waals surface area contributed by atoms with E-state index in [-0.39, 0.29) is 11.8 Å². The summed E-state index contributed by atoms with van der Waals surface area (Å²) < 4.78 is 1.05. The monoisotopic (exact) mass is 367 g/mol. The highest BCUT2D eigenvalue weighted by atomic mass is 32.1. The molecule has 0 unspecified atom stereocenters. The van der Waals surface area contributed by atoms with Gasteiger partial charge in [-0.25, -0.2) is 4.98 Å². The first kappa shape index (κ1) is 18.1. The SMILES string of the molecule is CCCCC(=O)Nc1ccc(C(=O)Nc2nc3ccc(C)cc3s2)cc1. The fraction of sp³-hybridized carbons (Fsp3) is 0.250. The van der Waals surface area contributed by atoms with Crippen LogP contribution in [0.4, 0.5) is 10.8 Å². The maximum atomic E-state index is 12.4. The van der Waals surface area contributed by atoms with Crippen molar-refractivity contribution in [3.63, 3.8) is 0 Å². The highest BCUT2D eigenvalue weighted by Crippen LogP contribution is 2.27. The summed E-state index contributed by atoms with van der Waals surface area (Å²) in [5.41, 5.74) is 3.25. The third-order valence-corrected chi connectivity index (χ3v) is 4.89. The summed E-state index contributed by atoms with van der Waals surface area (Å²) in [4.78, 5) is 28.6. The molecule has 1 aromatic heterocycles. The first-order valence-corrected chi connectivity index (χ1v) is 9.45. The van der Waals surface area contributed by atoms with Gasteiger partial charge in [0, 0.05) is 17.7 Å². The number of fused-ring (bicyclic) bond motifs is 1. The minimum Gasteiger partial charge on any atom is -0.326 e. The number of nitrogens with zero attached hydrogens (tertiary/aromatic N) is 1. The van der Waals surface area contributed by atoms with Crippen LogP contribution in [0.25, 0.3) is 10.2 Å². The third-order valence-electron chi connectivity index (χ3n) is 3.95. The van der Waals surface area contributed by atoms with Crippen LogP contribution in [-0.4, -0.2) is 16.8 Å². The van der Waals surface area contributed by atoms with Gasteiger partial charge in [0.2, 0.25) is 5.91 Å². The second-order valence-electron chi connectivity index (χ2n) is 6.17.